The predicted molar refractivity (Wildman–Crippen MR) is 77.7 cm³/mol. The maximum atomic E-state index is 4.52. The van der Waals surface area contributed by atoms with Gasteiger partial charge in [-0.2, -0.15) is 0 Å². The molecule has 2 aliphatic carbocycles. The van der Waals surface area contributed by atoms with Gasteiger partial charge in [-0.15, -0.1) is 0 Å². The lowest BCUT2D eigenvalue weighted by Gasteiger charge is -2.21. The number of hydrogen-bond acceptors (Lipinski definition) is 2. The van der Waals surface area contributed by atoms with Crippen molar-refractivity contribution >= 4 is 0 Å². The minimum Gasteiger partial charge on any atom is -0.337 e. The molecule has 19 heavy (non-hydrogen) atoms. The first-order valence-electron chi connectivity index (χ1n) is 7.92. The lowest BCUT2D eigenvalue weighted by atomic mass is 9.89. The number of nitrogens with one attached hydrogen (secondary N) is 1. The fourth-order valence-electron chi connectivity index (χ4n) is 3.96. The molecule has 2 fully saturated rings. The Morgan fingerprint density at radius 1 is 1.37 bits per heavy atom. The van der Waals surface area contributed by atoms with Gasteiger partial charge in [-0.3, -0.25) is 0 Å². The van der Waals surface area contributed by atoms with Crippen LogP contribution in [0.1, 0.15) is 45.2 Å². The third-order valence-corrected chi connectivity index (χ3v) is 4.88. The van der Waals surface area contributed by atoms with Crippen LogP contribution < -0.4 is 5.32 Å². The predicted octanol–water partition coefficient (Wildman–Crippen LogP) is 3.06. The molecule has 3 heteroatoms. The molecule has 3 rings (SSSR count). The van der Waals surface area contributed by atoms with Crippen molar-refractivity contribution in [1.82, 2.24) is 14.9 Å². The Balaban J connectivity index is 1.48. The lowest BCUT2D eigenvalue weighted by molar-refractivity contribution is 0.295. The summed E-state index contributed by atoms with van der Waals surface area (Å²) in [7, 11) is 0. The maximum Gasteiger partial charge on any atom is 0.0950 e. The second-order valence-corrected chi connectivity index (χ2v) is 7.02. The molecular weight excluding hydrogens is 234 g/mol. The van der Waals surface area contributed by atoms with Crippen LogP contribution in [0.25, 0.3) is 0 Å². The maximum absolute atomic E-state index is 4.52. The van der Waals surface area contributed by atoms with E-state index in [1.54, 1.807) is 0 Å². The van der Waals surface area contributed by atoms with Crippen LogP contribution in [-0.4, -0.2) is 16.1 Å². The zero-order valence-corrected chi connectivity index (χ0v) is 12.3. The van der Waals surface area contributed by atoms with Crippen LogP contribution in [0.3, 0.4) is 0 Å². The van der Waals surface area contributed by atoms with Crippen LogP contribution >= 0.6 is 0 Å². The molecule has 1 N–H and O–H groups in total. The van der Waals surface area contributed by atoms with Gasteiger partial charge in [0.2, 0.25) is 0 Å². The van der Waals surface area contributed by atoms with Crippen molar-refractivity contribution in [1.29, 1.82) is 0 Å². The van der Waals surface area contributed by atoms with E-state index in [4.69, 9.17) is 0 Å². The lowest BCUT2D eigenvalue weighted by Crippen LogP contribution is -2.19. The summed E-state index contributed by atoms with van der Waals surface area (Å²) >= 11 is 0. The van der Waals surface area contributed by atoms with Gasteiger partial charge in [0.15, 0.2) is 0 Å². The highest BCUT2D eigenvalue weighted by atomic mass is 15.0. The first kappa shape index (κ1) is 13.2. The van der Waals surface area contributed by atoms with Crippen molar-refractivity contribution < 1.29 is 0 Å². The molecule has 1 aromatic rings. The summed E-state index contributed by atoms with van der Waals surface area (Å²) in [6.07, 6.45) is 10.2. The number of imidazole rings is 1. The van der Waals surface area contributed by atoms with Crippen molar-refractivity contribution in [3.05, 3.63) is 18.2 Å². The van der Waals surface area contributed by atoms with Gasteiger partial charge in [-0.1, -0.05) is 20.3 Å². The Kier molecular flexibility index (Phi) is 3.92. The number of fused-ring (bicyclic) bond motifs is 2. The van der Waals surface area contributed by atoms with Crippen LogP contribution in [0.15, 0.2) is 12.5 Å². The summed E-state index contributed by atoms with van der Waals surface area (Å²) in [5.41, 5.74) is 1.18. The Labute approximate surface area is 116 Å². The van der Waals surface area contributed by atoms with Crippen molar-refractivity contribution in [3.8, 4) is 0 Å². The molecule has 106 valence electrons. The van der Waals surface area contributed by atoms with Gasteiger partial charge in [0, 0.05) is 19.3 Å². The second kappa shape index (κ2) is 5.66. The molecule has 1 aromatic heterocycles. The van der Waals surface area contributed by atoms with Crippen molar-refractivity contribution in [2.75, 3.05) is 6.54 Å². The monoisotopic (exact) mass is 261 g/mol. The third-order valence-electron chi connectivity index (χ3n) is 4.88. The van der Waals surface area contributed by atoms with Crippen molar-refractivity contribution in [2.24, 2.45) is 23.7 Å². The molecule has 2 aliphatic rings. The van der Waals surface area contributed by atoms with Gasteiger partial charge < -0.3 is 9.88 Å². The van der Waals surface area contributed by atoms with E-state index >= 15 is 0 Å². The topological polar surface area (TPSA) is 29.9 Å². The molecule has 0 aliphatic heterocycles. The summed E-state index contributed by atoms with van der Waals surface area (Å²) in [6.45, 7) is 7.64. The molecule has 0 spiro atoms. The molecule has 0 aromatic carbocycles. The molecular formula is C16H27N3. The van der Waals surface area contributed by atoms with Crippen LogP contribution in [0.4, 0.5) is 0 Å². The van der Waals surface area contributed by atoms with E-state index in [-0.39, 0.29) is 0 Å². The van der Waals surface area contributed by atoms with E-state index < -0.39 is 0 Å². The minimum absolute atomic E-state index is 0.705. The Morgan fingerprint density at radius 3 is 2.95 bits per heavy atom. The summed E-state index contributed by atoms with van der Waals surface area (Å²) in [4.78, 5) is 4.52. The normalized spacial score (nSPS) is 29.5. The van der Waals surface area contributed by atoms with E-state index in [2.05, 4.69) is 34.9 Å². The van der Waals surface area contributed by atoms with E-state index in [9.17, 15) is 0 Å². The number of aromatic nitrogens is 2. The highest BCUT2D eigenvalue weighted by Crippen LogP contribution is 2.48. The largest absolute Gasteiger partial charge is 0.337 e. The summed E-state index contributed by atoms with van der Waals surface area (Å²) in [5, 5.41) is 3.46. The van der Waals surface area contributed by atoms with Gasteiger partial charge in [0.25, 0.3) is 0 Å². The average Bonchev–Trinajstić information content (AvgIpc) is 3.05. The quantitative estimate of drug-likeness (QED) is 0.853. The molecule has 2 saturated carbocycles. The zero-order valence-electron chi connectivity index (χ0n) is 12.3. The highest BCUT2D eigenvalue weighted by molar-refractivity contribution is 4.98. The average molecular weight is 261 g/mol. The molecule has 3 atom stereocenters. The van der Waals surface area contributed by atoms with Gasteiger partial charge in [0.1, 0.15) is 0 Å². The molecule has 3 unspecified atom stereocenters. The zero-order chi connectivity index (χ0) is 13.2. The first-order chi connectivity index (χ1) is 9.20. The molecule has 1 heterocycles. The summed E-state index contributed by atoms with van der Waals surface area (Å²) in [5.74, 6) is 3.68. The van der Waals surface area contributed by atoms with Gasteiger partial charge >= 0.3 is 0 Å². The Bertz CT molecular complexity index is 410. The minimum atomic E-state index is 0.705. The van der Waals surface area contributed by atoms with Gasteiger partial charge in [-0.25, -0.2) is 4.98 Å². The summed E-state index contributed by atoms with van der Waals surface area (Å²) < 4.78 is 2.32. The number of nitrogens with zero attached hydrogens (tertiary/aromatic N) is 2. The van der Waals surface area contributed by atoms with E-state index in [1.165, 1.54) is 37.9 Å². The van der Waals surface area contributed by atoms with Crippen LogP contribution in [0, 0.1) is 23.7 Å². The number of rotatable bonds is 6. The molecule has 0 radical (unpaired) electrons. The van der Waals surface area contributed by atoms with E-state index in [1.807, 2.05) is 6.33 Å². The van der Waals surface area contributed by atoms with Gasteiger partial charge in [0.05, 0.1) is 12.0 Å². The molecule has 3 nitrogen and oxygen atoms in total. The van der Waals surface area contributed by atoms with Crippen LogP contribution in [0.2, 0.25) is 0 Å². The van der Waals surface area contributed by atoms with Gasteiger partial charge in [-0.05, 0) is 49.5 Å². The highest BCUT2D eigenvalue weighted by Gasteiger charge is 2.39. The molecule has 2 bridgehead atoms. The summed E-state index contributed by atoms with van der Waals surface area (Å²) in [6, 6.07) is 0. The standard InChI is InChI=1S/C16H27N3/c1-12(2)7-17-8-16-10-19(11-18-16)9-15-6-13-3-4-14(15)5-13/h10-15,17H,3-9H2,1-2H3. The molecule has 0 saturated heterocycles. The van der Waals surface area contributed by atoms with E-state index in [0.717, 1.165) is 30.8 Å². The second-order valence-electron chi connectivity index (χ2n) is 7.02. The van der Waals surface area contributed by atoms with Crippen LogP contribution in [-0.2, 0) is 13.1 Å². The molecule has 0 amide bonds. The SMILES string of the molecule is CC(C)CNCc1cn(CC2CC3CCC2C3)cn1. The fraction of sp³-hybridized carbons (Fsp3) is 0.812. The fourth-order valence-corrected chi connectivity index (χ4v) is 3.96. The Hall–Kier alpha value is -0.830. The van der Waals surface area contributed by atoms with Crippen molar-refractivity contribution in [2.45, 2.75) is 52.6 Å². The Morgan fingerprint density at radius 2 is 2.26 bits per heavy atom. The number of hydrogen-bond donors (Lipinski definition) is 1. The smallest absolute Gasteiger partial charge is 0.0950 e. The van der Waals surface area contributed by atoms with Crippen LogP contribution in [0.5, 0.6) is 0 Å². The first-order valence-corrected chi connectivity index (χ1v) is 7.92. The van der Waals surface area contributed by atoms with Crippen molar-refractivity contribution in [3.63, 3.8) is 0 Å². The third kappa shape index (κ3) is 3.19. The van der Waals surface area contributed by atoms with E-state index in [0.29, 0.717) is 5.92 Å².